The number of rotatable bonds is 4. The lowest BCUT2D eigenvalue weighted by molar-refractivity contribution is 0.0694. The van der Waals surface area contributed by atoms with E-state index in [1.165, 1.54) is 17.2 Å². The van der Waals surface area contributed by atoms with Gasteiger partial charge in [-0.3, -0.25) is 4.68 Å². The van der Waals surface area contributed by atoms with Crippen LogP contribution in [0.4, 0.5) is 33.7 Å². The fraction of sp³-hybridized carbons (Fsp3) is 0.320. The number of aromatic carboxylic acids is 1. The molecule has 0 bridgehead atoms. The number of carbonyl (C=O) groups is 2. The van der Waals surface area contributed by atoms with Crippen LogP contribution in [0.2, 0.25) is 0 Å². The molecule has 1 aromatic heterocycles. The second-order valence-corrected chi connectivity index (χ2v) is 9.42. The van der Waals surface area contributed by atoms with Crippen molar-refractivity contribution in [3.63, 3.8) is 0 Å². The molecule has 3 aromatic rings. The molecule has 1 fully saturated rings. The molecular formula is C25H23F4N5O4. The normalized spacial score (nSPS) is 20.9. The number of carbonyl (C=O) groups excluding carboxylic acids is 1. The van der Waals surface area contributed by atoms with Gasteiger partial charge in [-0.2, -0.15) is 5.10 Å². The van der Waals surface area contributed by atoms with Gasteiger partial charge in [-0.05, 0) is 30.7 Å². The molecule has 2 aromatic carbocycles. The summed E-state index contributed by atoms with van der Waals surface area (Å²) in [7, 11) is 0. The first kappa shape index (κ1) is 25.5. The summed E-state index contributed by atoms with van der Waals surface area (Å²) >= 11 is 0. The lowest BCUT2D eigenvalue weighted by Crippen LogP contribution is -2.47. The van der Waals surface area contributed by atoms with E-state index in [9.17, 15) is 37.4 Å². The molecule has 3 heterocycles. The van der Waals surface area contributed by atoms with Crippen molar-refractivity contribution >= 4 is 23.4 Å². The zero-order chi connectivity index (χ0) is 27.3. The summed E-state index contributed by atoms with van der Waals surface area (Å²) in [6.07, 6.45) is 0.658. The van der Waals surface area contributed by atoms with Crippen LogP contribution in [0, 0.1) is 23.3 Å². The van der Waals surface area contributed by atoms with Crippen LogP contribution in [0.5, 0.6) is 0 Å². The van der Waals surface area contributed by atoms with E-state index < -0.39 is 47.4 Å². The van der Waals surface area contributed by atoms with Gasteiger partial charge in [-0.1, -0.05) is 0 Å². The first-order valence-electron chi connectivity index (χ1n) is 11.8. The molecule has 0 radical (unpaired) electrons. The summed E-state index contributed by atoms with van der Waals surface area (Å²) < 4.78 is 56.1. The second-order valence-electron chi connectivity index (χ2n) is 9.42. The van der Waals surface area contributed by atoms with Gasteiger partial charge in [0.1, 0.15) is 12.0 Å². The summed E-state index contributed by atoms with van der Waals surface area (Å²) in [6, 6.07) is 3.74. The highest BCUT2D eigenvalue weighted by Gasteiger charge is 2.38. The van der Waals surface area contributed by atoms with E-state index >= 15 is 0 Å². The summed E-state index contributed by atoms with van der Waals surface area (Å²) in [5.41, 5.74) is 1.06. The third-order valence-corrected chi connectivity index (χ3v) is 6.98. The van der Waals surface area contributed by atoms with Crippen molar-refractivity contribution in [2.45, 2.75) is 44.6 Å². The van der Waals surface area contributed by atoms with Crippen molar-refractivity contribution in [3.8, 4) is 0 Å². The van der Waals surface area contributed by atoms with Gasteiger partial charge in [0.15, 0.2) is 17.5 Å². The van der Waals surface area contributed by atoms with Crippen molar-refractivity contribution in [1.82, 2.24) is 14.7 Å². The summed E-state index contributed by atoms with van der Waals surface area (Å²) in [4.78, 5) is 27.7. The number of amides is 2. The smallest absolute Gasteiger partial charge is 0.335 e. The molecule has 5 rings (SSSR count). The molecule has 3 atom stereocenters. The molecule has 0 saturated carbocycles. The molecule has 2 amide bonds. The summed E-state index contributed by atoms with van der Waals surface area (Å²) in [6.45, 7) is 2.26. The van der Waals surface area contributed by atoms with Gasteiger partial charge in [0.25, 0.3) is 0 Å². The van der Waals surface area contributed by atoms with Gasteiger partial charge in [0.05, 0.1) is 42.3 Å². The van der Waals surface area contributed by atoms with E-state index in [0.717, 1.165) is 12.1 Å². The van der Waals surface area contributed by atoms with E-state index in [1.54, 1.807) is 16.5 Å². The first-order chi connectivity index (χ1) is 18.0. The SMILES string of the molecule is C[C@H]1Cn2ncc(N3CC(c4cc(F)ccc4C(=O)O)CC3O)c2CN1C(=O)Nc1cc(F)c(F)c(F)c1. The van der Waals surface area contributed by atoms with Crippen molar-refractivity contribution in [2.75, 3.05) is 16.8 Å². The van der Waals surface area contributed by atoms with Crippen molar-refractivity contribution in [1.29, 1.82) is 0 Å². The van der Waals surface area contributed by atoms with Crippen LogP contribution in [-0.2, 0) is 13.1 Å². The maximum Gasteiger partial charge on any atom is 0.335 e. The number of carboxylic acid groups (broad SMARTS) is 1. The van der Waals surface area contributed by atoms with Gasteiger partial charge in [-0.25, -0.2) is 27.2 Å². The Hall–Kier alpha value is -4.13. The predicted molar refractivity (Wildman–Crippen MR) is 127 cm³/mol. The number of nitrogens with zero attached hydrogens (tertiary/aromatic N) is 4. The molecule has 1 saturated heterocycles. The van der Waals surface area contributed by atoms with Crippen LogP contribution in [0.15, 0.2) is 36.5 Å². The van der Waals surface area contributed by atoms with Crippen molar-refractivity contribution in [2.24, 2.45) is 0 Å². The number of hydrogen-bond acceptors (Lipinski definition) is 5. The number of hydrogen-bond donors (Lipinski definition) is 3. The van der Waals surface area contributed by atoms with Crippen LogP contribution >= 0.6 is 0 Å². The summed E-state index contributed by atoms with van der Waals surface area (Å²) in [5, 5.41) is 27.1. The number of carboxylic acids is 1. The Morgan fingerprint density at radius 3 is 2.47 bits per heavy atom. The number of anilines is 2. The molecule has 200 valence electrons. The minimum Gasteiger partial charge on any atom is -0.478 e. The lowest BCUT2D eigenvalue weighted by Gasteiger charge is -2.35. The fourth-order valence-electron chi connectivity index (χ4n) is 5.09. The molecular weight excluding hydrogens is 510 g/mol. The van der Waals surface area contributed by atoms with E-state index in [4.69, 9.17) is 0 Å². The van der Waals surface area contributed by atoms with E-state index in [-0.39, 0.29) is 48.9 Å². The van der Waals surface area contributed by atoms with Crippen LogP contribution in [0.3, 0.4) is 0 Å². The fourth-order valence-corrected chi connectivity index (χ4v) is 5.09. The minimum atomic E-state index is -1.64. The maximum atomic E-state index is 13.9. The number of urea groups is 1. The van der Waals surface area contributed by atoms with E-state index in [1.807, 2.05) is 0 Å². The number of halogens is 4. The zero-order valence-electron chi connectivity index (χ0n) is 20.0. The molecule has 9 nitrogen and oxygen atoms in total. The highest BCUT2D eigenvalue weighted by Crippen LogP contribution is 2.38. The third-order valence-electron chi connectivity index (χ3n) is 6.98. The average Bonchev–Trinajstić information content (AvgIpc) is 3.44. The number of aliphatic hydroxyl groups excluding tert-OH is 1. The highest BCUT2D eigenvalue weighted by molar-refractivity contribution is 5.90. The van der Waals surface area contributed by atoms with Gasteiger partial charge < -0.3 is 25.3 Å². The number of nitrogens with one attached hydrogen (secondary N) is 1. The zero-order valence-corrected chi connectivity index (χ0v) is 20.0. The largest absolute Gasteiger partial charge is 0.478 e. The van der Waals surface area contributed by atoms with Gasteiger partial charge >= 0.3 is 12.0 Å². The molecule has 3 N–H and O–H groups in total. The van der Waals surface area contributed by atoms with Crippen LogP contribution in [0.1, 0.15) is 40.9 Å². The molecule has 2 aliphatic rings. The van der Waals surface area contributed by atoms with E-state index in [0.29, 0.717) is 23.5 Å². The Balaban J connectivity index is 1.38. The standard InChI is InChI=1S/C25H23F4N5O4/c1-12-9-34-21(11-32(12)25(38)31-15-6-18(27)23(29)19(28)7-15)20(8-30-34)33-10-13(4-22(33)35)17-5-14(26)2-3-16(17)24(36)37/h2-3,5-8,12-13,22,35H,4,9-11H2,1H3,(H,31,38)(H,36,37)/t12-,13?,22?/m0/s1. The summed E-state index contributed by atoms with van der Waals surface area (Å²) in [5.74, 6) is -6.78. The van der Waals surface area contributed by atoms with Crippen LogP contribution in [0.25, 0.3) is 0 Å². The Labute approximate surface area is 213 Å². The Bertz CT molecular complexity index is 1410. The van der Waals surface area contributed by atoms with Crippen molar-refractivity contribution in [3.05, 3.63) is 76.6 Å². The second kappa shape index (κ2) is 9.63. The minimum absolute atomic E-state index is 0.0305. The van der Waals surface area contributed by atoms with Gasteiger partial charge in [-0.15, -0.1) is 0 Å². The quantitative estimate of drug-likeness (QED) is 0.347. The number of benzene rings is 2. The molecule has 2 unspecified atom stereocenters. The predicted octanol–water partition coefficient (Wildman–Crippen LogP) is 3.89. The lowest BCUT2D eigenvalue weighted by atomic mass is 9.93. The van der Waals surface area contributed by atoms with E-state index in [2.05, 4.69) is 10.4 Å². The Morgan fingerprint density at radius 2 is 1.79 bits per heavy atom. The van der Waals surface area contributed by atoms with Crippen LogP contribution in [-0.4, -0.2) is 55.7 Å². The highest BCUT2D eigenvalue weighted by atomic mass is 19.2. The molecule has 2 aliphatic heterocycles. The molecule has 0 aliphatic carbocycles. The maximum absolute atomic E-state index is 13.9. The molecule has 0 spiro atoms. The number of fused-ring (bicyclic) bond motifs is 1. The number of aromatic nitrogens is 2. The average molecular weight is 533 g/mol. The number of aliphatic hydroxyl groups is 1. The topological polar surface area (TPSA) is 111 Å². The van der Waals surface area contributed by atoms with Crippen molar-refractivity contribution < 1.29 is 37.4 Å². The monoisotopic (exact) mass is 533 g/mol. The first-order valence-corrected chi connectivity index (χ1v) is 11.8. The Kier molecular flexibility index (Phi) is 6.47. The Morgan fingerprint density at radius 1 is 1.08 bits per heavy atom. The van der Waals surface area contributed by atoms with Gasteiger partial charge in [0.2, 0.25) is 0 Å². The third kappa shape index (κ3) is 4.53. The molecule has 38 heavy (non-hydrogen) atoms. The van der Waals surface area contributed by atoms with Gasteiger partial charge in [0, 0.05) is 36.7 Å². The van der Waals surface area contributed by atoms with Crippen LogP contribution < -0.4 is 10.2 Å². The molecule has 13 heteroatoms.